The van der Waals surface area contributed by atoms with E-state index in [4.69, 9.17) is 4.42 Å². The zero-order chi connectivity index (χ0) is 11.6. The Labute approximate surface area is 106 Å². The molecule has 90 valence electrons. The van der Waals surface area contributed by atoms with Crippen molar-refractivity contribution in [2.75, 3.05) is 0 Å². The van der Waals surface area contributed by atoms with Gasteiger partial charge >= 0.3 is 0 Å². The smallest absolute Gasteiger partial charge is 0.169 e. The molecule has 16 heavy (non-hydrogen) atoms. The average molecular weight is 286 g/mol. The van der Waals surface area contributed by atoms with Gasteiger partial charge in [0.15, 0.2) is 4.67 Å². The molecule has 1 saturated carbocycles. The van der Waals surface area contributed by atoms with E-state index in [2.05, 4.69) is 35.1 Å². The van der Waals surface area contributed by atoms with Gasteiger partial charge in [0.05, 0.1) is 6.54 Å². The van der Waals surface area contributed by atoms with E-state index in [1.165, 1.54) is 25.7 Å². The summed E-state index contributed by atoms with van der Waals surface area (Å²) in [5, 5.41) is 3.63. The Kier molecular flexibility index (Phi) is 3.75. The van der Waals surface area contributed by atoms with Crippen LogP contribution in [-0.4, -0.2) is 6.04 Å². The number of rotatable bonds is 3. The van der Waals surface area contributed by atoms with E-state index in [1.807, 2.05) is 12.1 Å². The molecule has 1 aromatic rings. The topological polar surface area (TPSA) is 25.2 Å². The van der Waals surface area contributed by atoms with Crippen LogP contribution in [0.25, 0.3) is 0 Å². The molecular formula is C13H20BrNO. The molecule has 3 heteroatoms. The third-order valence-corrected chi connectivity index (χ3v) is 4.08. The summed E-state index contributed by atoms with van der Waals surface area (Å²) in [4.78, 5) is 0. The van der Waals surface area contributed by atoms with E-state index in [0.29, 0.717) is 11.5 Å². The van der Waals surface area contributed by atoms with Gasteiger partial charge < -0.3 is 9.73 Å². The standard InChI is InChI=1S/C13H20BrNO/c1-13(2)8-4-3-5-11(13)15-9-10-6-7-12(14)16-10/h6-7,11,15H,3-5,8-9H2,1-2H3. The first kappa shape index (κ1) is 12.2. The fraction of sp³-hybridized carbons (Fsp3) is 0.692. The van der Waals surface area contributed by atoms with Gasteiger partial charge in [-0.15, -0.1) is 0 Å². The average Bonchev–Trinajstić information content (AvgIpc) is 2.62. The molecule has 0 bridgehead atoms. The van der Waals surface area contributed by atoms with Gasteiger partial charge in [0.25, 0.3) is 0 Å². The van der Waals surface area contributed by atoms with Crippen LogP contribution < -0.4 is 5.32 Å². The molecule has 1 fully saturated rings. The highest BCUT2D eigenvalue weighted by atomic mass is 79.9. The van der Waals surface area contributed by atoms with Crippen LogP contribution in [0.1, 0.15) is 45.3 Å². The van der Waals surface area contributed by atoms with Crippen LogP contribution in [0.15, 0.2) is 21.2 Å². The van der Waals surface area contributed by atoms with Crippen LogP contribution in [0.3, 0.4) is 0 Å². The van der Waals surface area contributed by atoms with Crippen LogP contribution in [0.5, 0.6) is 0 Å². The fourth-order valence-corrected chi connectivity index (χ4v) is 2.88. The summed E-state index contributed by atoms with van der Waals surface area (Å²) in [6.07, 6.45) is 5.34. The molecule has 2 rings (SSSR count). The largest absolute Gasteiger partial charge is 0.453 e. The number of halogens is 1. The lowest BCUT2D eigenvalue weighted by atomic mass is 9.73. The maximum absolute atomic E-state index is 5.50. The normalized spacial score (nSPS) is 24.6. The summed E-state index contributed by atoms with van der Waals surface area (Å²) >= 11 is 3.33. The number of hydrogen-bond donors (Lipinski definition) is 1. The molecule has 1 aliphatic carbocycles. The molecule has 0 amide bonds. The van der Waals surface area contributed by atoms with Gasteiger partial charge in [0, 0.05) is 6.04 Å². The van der Waals surface area contributed by atoms with Crippen LogP contribution in [0.4, 0.5) is 0 Å². The minimum absolute atomic E-state index is 0.419. The molecule has 0 spiro atoms. The van der Waals surface area contributed by atoms with Crippen molar-refractivity contribution in [2.45, 2.75) is 52.1 Å². The number of nitrogens with one attached hydrogen (secondary N) is 1. The van der Waals surface area contributed by atoms with Crippen LogP contribution in [0.2, 0.25) is 0 Å². The highest BCUT2D eigenvalue weighted by molar-refractivity contribution is 9.10. The molecule has 1 aliphatic rings. The van der Waals surface area contributed by atoms with Crippen molar-refractivity contribution >= 4 is 15.9 Å². The zero-order valence-electron chi connectivity index (χ0n) is 10.1. The van der Waals surface area contributed by atoms with Crippen molar-refractivity contribution in [1.82, 2.24) is 5.32 Å². The van der Waals surface area contributed by atoms with Crippen molar-refractivity contribution in [3.63, 3.8) is 0 Å². The summed E-state index contributed by atoms with van der Waals surface area (Å²) in [6, 6.07) is 4.58. The Morgan fingerprint density at radius 1 is 1.44 bits per heavy atom. The van der Waals surface area contributed by atoms with Crippen molar-refractivity contribution in [1.29, 1.82) is 0 Å². The van der Waals surface area contributed by atoms with E-state index in [-0.39, 0.29) is 0 Å². The minimum Gasteiger partial charge on any atom is -0.453 e. The van der Waals surface area contributed by atoms with Gasteiger partial charge in [-0.05, 0) is 46.3 Å². The first-order valence-corrected chi connectivity index (χ1v) is 6.85. The summed E-state index contributed by atoms with van der Waals surface area (Å²) in [7, 11) is 0. The zero-order valence-corrected chi connectivity index (χ0v) is 11.6. The van der Waals surface area contributed by atoms with Crippen molar-refractivity contribution in [3.8, 4) is 0 Å². The van der Waals surface area contributed by atoms with Crippen LogP contribution in [0, 0.1) is 5.41 Å². The molecule has 1 atom stereocenters. The van der Waals surface area contributed by atoms with E-state index in [9.17, 15) is 0 Å². The van der Waals surface area contributed by atoms with Crippen molar-refractivity contribution in [3.05, 3.63) is 22.6 Å². The molecule has 0 aromatic carbocycles. The maximum Gasteiger partial charge on any atom is 0.169 e. The van der Waals surface area contributed by atoms with Crippen molar-refractivity contribution in [2.24, 2.45) is 5.41 Å². The lowest BCUT2D eigenvalue weighted by molar-refractivity contribution is 0.164. The first-order valence-electron chi connectivity index (χ1n) is 6.05. The molecule has 0 radical (unpaired) electrons. The molecular weight excluding hydrogens is 266 g/mol. The second-order valence-corrected chi connectivity index (χ2v) is 6.16. The number of furan rings is 1. The quantitative estimate of drug-likeness (QED) is 0.905. The monoisotopic (exact) mass is 285 g/mol. The highest BCUT2D eigenvalue weighted by Crippen LogP contribution is 2.35. The fourth-order valence-electron chi connectivity index (χ4n) is 2.54. The molecule has 1 heterocycles. The van der Waals surface area contributed by atoms with Gasteiger partial charge in [-0.25, -0.2) is 0 Å². The van der Waals surface area contributed by atoms with E-state index in [0.717, 1.165) is 17.0 Å². The molecule has 1 aromatic heterocycles. The third kappa shape index (κ3) is 2.89. The van der Waals surface area contributed by atoms with Crippen LogP contribution >= 0.6 is 15.9 Å². The second-order valence-electron chi connectivity index (χ2n) is 5.37. The third-order valence-electron chi connectivity index (χ3n) is 3.66. The highest BCUT2D eigenvalue weighted by Gasteiger charge is 2.31. The Hall–Kier alpha value is -0.280. The maximum atomic E-state index is 5.50. The number of hydrogen-bond acceptors (Lipinski definition) is 2. The predicted molar refractivity (Wildman–Crippen MR) is 69.3 cm³/mol. The van der Waals surface area contributed by atoms with E-state index in [1.54, 1.807) is 0 Å². The Balaban J connectivity index is 1.89. The molecule has 0 saturated heterocycles. The SMILES string of the molecule is CC1(C)CCCCC1NCc1ccc(Br)o1. The molecule has 2 nitrogen and oxygen atoms in total. The van der Waals surface area contributed by atoms with Gasteiger partial charge in [-0.3, -0.25) is 0 Å². The Morgan fingerprint density at radius 3 is 2.88 bits per heavy atom. The first-order chi connectivity index (χ1) is 7.58. The Morgan fingerprint density at radius 2 is 2.25 bits per heavy atom. The van der Waals surface area contributed by atoms with Gasteiger partial charge in [0.1, 0.15) is 5.76 Å². The van der Waals surface area contributed by atoms with Gasteiger partial charge in [0.2, 0.25) is 0 Å². The molecule has 1 N–H and O–H groups in total. The van der Waals surface area contributed by atoms with E-state index >= 15 is 0 Å². The van der Waals surface area contributed by atoms with Gasteiger partial charge in [-0.1, -0.05) is 26.7 Å². The van der Waals surface area contributed by atoms with E-state index < -0.39 is 0 Å². The molecule has 0 aliphatic heterocycles. The lowest BCUT2D eigenvalue weighted by Crippen LogP contribution is -2.43. The minimum atomic E-state index is 0.419. The predicted octanol–water partition coefficient (Wildman–Crippen LogP) is 4.10. The van der Waals surface area contributed by atoms with Gasteiger partial charge in [-0.2, -0.15) is 0 Å². The second kappa shape index (κ2) is 4.92. The van der Waals surface area contributed by atoms with Crippen LogP contribution in [-0.2, 0) is 6.54 Å². The molecule has 1 unspecified atom stereocenters. The lowest BCUT2D eigenvalue weighted by Gasteiger charge is -2.39. The summed E-state index contributed by atoms with van der Waals surface area (Å²) in [5.41, 5.74) is 0.419. The summed E-state index contributed by atoms with van der Waals surface area (Å²) in [5.74, 6) is 1.01. The Bertz CT molecular complexity index is 345. The summed E-state index contributed by atoms with van der Waals surface area (Å²) < 4.78 is 6.31. The van der Waals surface area contributed by atoms with Crippen molar-refractivity contribution < 1.29 is 4.42 Å². The summed E-state index contributed by atoms with van der Waals surface area (Å²) in [6.45, 7) is 5.56.